The van der Waals surface area contributed by atoms with Gasteiger partial charge >= 0.3 is 0 Å². The molecule has 0 aliphatic rings. The van der Waals surface area contributed by atoms with Gasteiger partial charge in [-0.3, -0.25) is 4.79 Å². The second kappa shape index (κ2) is 9.32. The largest absolute Gasteiger partial charge is 0.354 e. The number of nitrogens with zero attached hydrogens (tertiary/aromatic N) is 3. The van der Waals surface area contributed by atoms with Crippen LogP contribution in [0.15, 0.2) is 12.4 Å². The van der Waals surface area contributed by atoms with Gasteiger partial charge in [0.25, 0.3) is 5.91 Å². The fraction of sp³-hybridized carbons (Fsp3) is 0.688. The number of carbonyl (C=O) groups excluding carboxylic acids is 1. The topological polar surface area (TPSA) is 58.1 Å². The summed E-state index contributed by atoms with van der Waals surface area (Å²) >= 11 is 0. The van der Waals surface area contributed by atoms with Gasteiger partial charge < -0.3 is 10.2 Å². The molecular weight excluding hydrogens is 264 g/mol. The van der Waals surface area contributed by atoms with Gasteiger partial charge in [0, 0.05) is 32.0 Å². The first-order valence-electron chi connectivity index (χ1n) is 7.93. The SMILES string of the molecule is CCCN(CCC)C(=O)c1cnc(NCCC(C)C)nc1. The molecule has 0 bridgehead atoms. The van der Waals surface area contributed by atoms with Gasteiger partial charge in [-0.25, -0.2) is 9.97 Å². The first-order chi connectivity index (χ1) is 10.1. The van der Waals surface area contributed by atoms with Crippen molar-refractivity contribution in [3.05, 3.63) is 18.0 Å². The van der Waals surface area contributed by atoms with E-state index in [2.05, 4.69) is 43.0 Å². The Morgan fingerprint density at radius 2 is 1.76 bits per heavy atom. The fourth-order valence-corrected chi connectivity index (χ4v) is 2.04. The molecule has 1 amide bonds. The van der Waals surface area contributed by atoms with E-state index in [1.807, 2.05) is 4.90 Å². The van der Waals surface area contributed by atoms with Gasteiger partial charge in [-0.1, -0.05) is 27.7 Å². The van der Waals surface area contributed by atoms with Crippen LogP contribution in [-0.2, 0) is 0 Å². The zero-order valence-corrected chi connectivity index (χ0v) is 13.7. The molecule has 0 fully saturated rings. The van der Waals surface area contributed by atoms with Crippen LogP contribution in [0.3, 0.4) is 0 Å². The van der Waals surface area contributed by atoms with Crippen LogP contribution in [-0.4, -0.2) is 40.4 Å². The Hall–Kier alpha value is -1.65. The summed E-state index contributed by atoms with van der Waals surface area (Å²) in [5.41, 5.74) is 0.561. The van der Waals surface area contributed by atoms with Gasteiger partial charge in [0.15, 0.2) is 0 Å². The predicted molar refractivity (Wildman–Crippen MR) is 86.5 cm³/mol. The highest BCUT2D eigenvalue weighted by Crippen LogP contribution is 2.07. The van der Waals surface area contributed by atoms with Crippen LogP contribution in [0.2, 0.25) is 0 Å². The Morgan fingerprint density at radius 3 is 2.24 bits per heavy atom. The lowest BCUT2D eigenvalue weighted by Crippen LogP contribution is -2.32. The van der Waals surface area contributed by atoms with E-state index in [1.165, 1.54) is 0 Å². The molecule has 0 aliphatic heterocycles. The molecule has 0 aliphatic carbocycles. The zero-order valence-electron chi connectivity index (χ0n) is 13.7. The Morgan fingerprint density at radius 1 is 1.19 bits per heavy atom. The third-order valence-corrected chi connectivity index (χ3v) is 3.18. The maximum atomic E-state index is 12.4. The molecule has 0 atom stereocenters. The lowest BCUT2D eigenvalue weighted by Gasteiger charge is -2.21. The molecule has 0 saturated heterocycles. The summed E-state index contributed by atoms with van der Waals surface area (Å²) in [6.45, 7) is 10.9. The first kappa shape index (κ1) is 17.4. The molecule has 0 aromatic carbocycles. The quantitative estimate of drug-likeness (QED) is 0.759. The predicted octanol–water partition coefficient (Wildman–Crippen LogP) is 3.20. The molecule has 0 spiro atoms. The number of aromatic nitrogens is 2. The lowest BCUT2D eigenvalue weighted by molar-refractivity contribution is 0.0754. The van der Waals surface area contributed by atoms with E-state index in [0.29, 0.717) is 17.4 Å². The van der Waals surface area contributed by atoms with Crippen molar-refractivity contribution in [1.29, 1.82) is 0 Å². The highest BCUT2D eigenvalue weighted by molar-refractivity contribution is 5.93. The molecule has 0 radical (unpaired) electrons. The van der Waals surface area contributed by atoms with Crippen molar-refractivity contribution in [3.8, 4) is 0 Å². The van der Waals surface area contributed by atoms with Crippen molar-refractivity contribution in [2.45, 2.75) is 47.0 Å². The summed E-state index contributed by atoms with van der Waals surface area (Å²) < 4.78 is 0. The van der Waals surface area contributed by atoms with Crippen LogP contribution >= 0.6 is 0 Å². The summed E-state index contributed by atoms with van der Waals surface area (Å²) in [6.07, 6.45) is 6.23. The molecule has 1 aromatic heterocycles. The second-order valence-electron chi connectivity index (χ2n) is 5.70. The molecule has 1 heterocycles. The van der Waals surface area contributed by atoms with E-state index in [0.717, 1.165) is 38.9 Å². The molecule has 118 valence electrons. The van der Waals surface area contributed by atoms with Crippen LogP contribution in [0.25, 0.3) is 0 Å². The Balaban J connectivity index is 2.61. The van der Waals surface area contributed by atoms with E-state index in [4.69, 9.17) is 0 Å². The lowest BCUT2D eigenvalue weighted by atomic mass is 10.1. The van der Waals surface area contributed by atoms with Crippen LogP contribution < -0.4 is 5.32 Å². The third-order valence-electron chi connectivity index (χ3n) is 3.18. The van der Waals surface area contributed by atoms with Gasteiger partial charge in [0.1, 0.15) is 0 Å². The number of carbonyl (C=O) groups is 1. The highest BCUT2D eigenvalue weighted by atomic mass is 16.2. The minimum absolute atomic E-state index is 0.0208. The van der Waals surface area contributed by atoms with E-state index >= 15 is 0 Å². The zero-order chi connectivity index (χ0) is 15.7. The van der Waals surface area contributed by atoms with E-state index in [9.17, 15) is 4.79 Å². The molecule has 1 N–H and O–H groups in total. The van der Waals surface area contributed by atoms with Gasteiger partial charge in [-0.05, 0) is 25.2 Å². The highest BCUT2D eigenvalue weighted by Gasteiger charge is 2.15. The van der Waals surface area contributed by atoms with Gasteiger partial charge in [-0.2, -0.15) is 0 Å². The van der Waals surface area contributed by atoms with Crippen molar-refractivity contribution < 1.29 is 4.79 Å². The summed E-state index contributed by atoms with van der Waals surface area (Å²) in [4.78, 5) is 22.7. The molecule has 21 heavy (non-hydrogen) atoms. The number of amides is 1. The van der Waals surface area contributed by atoms with Crippen molar-refractivity contribution in [2.24, 2.45) is 5.92 Å². The van der Waals surface area contributed by atoms with Crippen molar-refractivity contribution in [3.63, 3.8) is 0 Å². The summed E-state index contributed by atoms with van der Waals surface area (Å²) in [6, 6.07) is 0. The van der Waals surface area contributed by atoms with E-state index in [1.54, 1.807) is 12.4 Å². The number of hydrogen-bond acceptors (Lipinski definition) is 4. The molecule has 0 unspecified atom stereocenters. The Labute approximate surface area is 128 Å². The Kier molecular flexibility index (Phi) is 7.72. The smallest absolute Gasteiger partial charge is 0.256 e. The van der Waals surface area contributed by atoms with Crippen molar-refractivity contribution in [1.82, 2.24) is 14.9 Å². The summed E-state index contributed by atoms with van der Waals surface area (Å²) in [5.74, 6) is 1.26. The minimum Gasteiger partial charge on any atom is -0.354 e. The molecule has 5 nitrogen and oxygen atoms in total. The van der Waals surface area contributed by atoms with Crippen LogP contribution in [0.5, 0.6) is 0 Å². The number of hydrogen-bond donors (Lipinski definition) is 1. The molecule has 1 aromatic rings. The van der Waals surface area contributed by atoms with E-state index < -0.39 is 0 Å². The standard InChI is InChI=1S/C16H28N4O/c1-5-9-20(10-6-2)15(21)14-11-18-16(19-12-14)17-8-7-13(3)4/h11-13H,5-10H2,1-4H3,(H,17,18,19). The monoisotopic (exact) mass is 292 g/mol. The number of nitrogens with one attached hydrogen (secondary N) is 1. The maximum absolute atomic E-state index is 12.4. The first-order valence-corrected chi connectivity index (χ1v) is 7.93. The average Bonchev–Trinajstić information content (AvgIpc) is 2.47. The molecule has 0 saturated carbocycles. The molecule has 5 heteroatoms. The van der Waals surface area contributed by atoms with Gasteiger partial charge in [0.05, 0.1) is 5.56 Å². The van der Waals surface area contributed by atoms with Crippen LogP contribution in [0.1, 0.15) is 57.3 Å². The van der Waals surface area contributed by atoms with Gasteiger partial charge in [0.2, 0.25) is 5.95 Å². The van der Waals surface area contributed by atoms with Gasteiger partial charge in [-0.15, -0.1) is 0 Å². The summed E-state index contributed by atoms with van der Waals surface area (Å²) in [5, 5.41) is 3.17. The fourth-order valence-electron chi connectivity index (χ4n) is 2.04. The van der Waals surface area contributed by atoms with Crippen LogP contribution in [0.4, 0.5) is 5.95 Å². The minimum atomic E-state index is 0.0208. The number of rotatable bonds is 9. The van der Waals surface area contributed by atoms with Crippen molar-refractivity contribution in [2.75, 3.05) is 25.0 Å². The summed E-state index contributed by atoms with van der Waals surface area (Å²) in [7, 11) is 0. The normalized spacial score (nSPS) is 10.7. The second-order valence-corrected chi connectivity index (χ2v) is 5.70. The average molecular weight is 292 g/mol. The Bertz CT molecular complexity index is 411. The molecular formula is C16H28N4O. The maximum Gasteiger partial charge on any atom is 0.256 e. The van der Waals surface area contributed by atoms with Crippen molar-refractivity contribution >= 4 is 11.9 Å². The van der Waals surface area contributed by atoms with E-state index in [-0.39, 0.29) is 5.91 Å². The molecule has 1 rings (SSSR count). The van der Waals surface area contributed by atoms with Crippen LogP contribution in [0, 0.1) is 5.92 Å². The third kappa shape index (κ3) is 6.10. The number of anilines is 1.